The van der Waals surface area contributed by atoms with Crippen LogP contribution in [0.1, 0.15) is 18.1 Å². The van der Waals surface area contributed by atoms with E-state index in [1.807, 2.05) is 0 Å². The Balaban J connectivity index is 1.61. The van der Waals surface area contributed by atoms with Crippen LogP contribution in [0, 0.1) is 5.95 Å². The first-order valence-corrected chi connectivity index (χ1v) is 8.62. The molecule has 2 heterocycles. The van der Waals surface area contributed by atoms with Crippen molar-refractivity contribution in [2.24, 2.45) is 0 Å². The van der Waals surface area contributed by atoms with Crippen LogP contribution in [-0.4, -0.2) is 47.5 Å². The van der Waals surface area contributed by atoms with E-state index < -0.39 is 5.95 Å². The van der Waals surface area contributed by atoms with Crippen LogP contribution in [0.2, 0.25) is 0 Å². The Morgan fingerprint density at radius 2 is 1.67 bits per heavy atom. The summed E-state index contributed by atoms with van der Waals surface area (Å²) >= 11 is 0. The molecule has 0 aliphatic carbocycles. The maximum atomic E-state index is 13.2. The SMILES string of the molecule is CCN1CCN(Cc2ccccc2CNc2cccc(F)n2)CC1. The van der Waals surface area contributed by atoms with Crippen LogP contribution in [0.25, 0.3) is 0 Å². The summed E-state index contributed by atoms with van der Waals surface area (Å²) in [6.45, 7) is 9.48. The number of hydrogen-bond donors (Lipinski definition) is 1. The van der Waals surface area contributed by atoms with E-state index in [2.05, 4.69) is 51.3 Å². The second-order valence-corrected chi connectivity index (χ2v) is 6.18. The van der Waals surface area contributed by atoms with Crippen molar-refractivity contribution in [2.75, 3.05) is 38.0 Å². The van der Waals surface area contributed by atoms with Crippen molar-refractivity contribution in [1.82, 2.24) is 14.8 Å². The van der Waals surface area contributed by atoms with Crippen LogP contribution in [0.15, 0.2) is 42.5 Å². The summed E-state index contributed by atoms with van der Waals surface area (Å²) in [6.07, 6.45) is 0. The number of nitrogens with zero attached hydrogens (tertiary/aromatic N) is 3. The minimum atomic E-state index is -0.456. The lowest BCUT2D eigenvalue weighted by atomic mass is 10.1. The lowest BCUT2D eigenvalue weighted by molar-refractivity contribution is 0.131. The minimum Gasteiger partial charge on any atom is -0.366 e. The molecule has 4 nitrogen and oxygen atoms in total. The van der Waals surface area contributed by atoms with Crippen molar-refractivity contribution in [3.63, 3.8) is 0 Å². The van der Waals surface area contributed by atoms with Gasteiger partial charge in [0.15, 0.2) is 0 Å². The molecule has 2 aromatic rings. The molecule has 1 aliphatic rings. The average molecular weight is 328 g/mol. The second kappa shape index (κ2) is 8.22. The molecule has 1 aliphatic heterocycles. The largest absolute Gasteiger partial charge is 0.366 e. The minimum absolute atomic E-state index is 0.456. The maximum Gasteiger partial charge on any atom is 0.214 e. The van der Waals surface area contributed by atoms with Crippen molar-refractivity contribution < 1.29 is 4.39 Å². The Morgan fingerprint density at radius 3 is 2.38 bits per heavy atom. The monoisotopic (exact) mass is 328 g/mol. The number of benzene rings is 1. The van der Waals surface area contributed by atoms with Crippen LogP contribution in [0.5, 0.6) is 0 Å². The molecule has 0 unspecified atom stereocenters. The molecule has 3 rings (SSSR count). The number of pyridine rings is 1. The zero-order chi connectivity index (χ0) is 16.8. The summed E-state index contributed by atoms with van der Waals surface area (Å²) < 4.78 is 13.2. The molecule has 5 heteroatoms. The Labute approximate surface area is 143 Å². The highest BCUT2D eigenvalue weighted by molar-refractivity contribution is 5.37. The van der Waals surface area contributed by atoms with E-state index in [4.69, 9.17) is 0 Å². The smallest absolute Gasteiger partial charge is 0.214 e. The number of hydrogen-bond acceptors (Lipinski definition) is 4. The van der Waals surface area contributed by atoms with E-state index in [0.717, 1.165) is 39.3 Å². The van der Waals surface area contributed by atoms with Gasteiger partial charge in [-0.1, -0.05) is 37.3 Å². The lowest BCUT2D eigenvalue weighted by Crippen LogP contribution is -2.45. The third-order valence-corrected chi connectivity index (χ3v) is 4.60. The van der Waals surface area contributed by atoms with Crippen molar-refractivity contribution in [3.8, 4) is 0 Å². The van der Waals surface area contributed by atoms with Gasteiger partial charge in [-0.3, -0.25) is 4.90 Å². The van der Waals surface area contributed by atoms with Gasteiger partial charge in [-0.05, 0) is 29.8 Å². The first-order valence-electron chi connectivity index (χ1n) is 8.62. The number of likely N-dealkylation sites (N-methyl/N-ethyl adjacent to an activating group) is 1. The summed E-state index contributed by atoms with van der Waals surface area (Å²) in [7, 11) is 0. The predicted octanol–water partition coefficient (Wildman–Crippen LogP) is 2.97. The van der Waals surface area contributed by atoms with Crippen molar-refractivity contribution in [3.05, 3.63) is 59.5 Å². The van der Waals surface area contributed by atoms with E-state index in [0.29, 0.717) is 12.4 Å². The van der Waals surface area contributed by atoms with E-state index in [1.54, 1.807) is 12.1 Å². The first kappa shape index (κ1) is 16.9. The second-order valence-electron chi connectivity index (χ2n) is 6.18. The van der Waals surface area contributed by atoms with E-state index in [9.17, 15) is 4.39 Å². The third kappa shape index (κ3) is 4.52. The number of anilines is 1. The highest BCUT2D eigenvalue weighted by Gasteiger charge is 2.16. The molecule has 0 spiro atoms. The fraction of sp³-hybridized carbons (Fsp3) is 0.421. The fourth-order valence-electron chi connectivity index (χ4n) is 3.08. The molecule has 1 N–H and O–H groups in total. The normalized spacial score (nSPS) is 16.2. The molecule has 0 amide bonds. The van der Waals surface area contributed by atoms with Gasteiger partial charge in [0, 0.05) is 39.3 Å². The molecule has 1 fully saturated rings. The molecule has 24 heavy (non-hydrogen) atoms. The Morgan fingerprint density at radius 1 is 0.958 bits per heavy atom. The number of nitrogens with one attached hydrogen (secondary N) is 1. The first-order chi connectivity index (χ1) is 11.7. The van der Waals surface area contributed by atoms with Crippen LogP contribution in [0.4, 0.5) is 10.2 Å². The lowest BCUT2D eigenvalue weighted by Gasteiger charge is -2.34. The van der Waals surface area contributed by atoms with Crippen LogP contribution >= 0.6 is 0 Å². The molecule has 1 aromatic carbocycles. The summed E-state index contributed by atoms with van der Waals surface area (Å²) in [5.74, 6) is 0.114. The summed E-state index contributed by atoms with van der Waals surface area (Å²) in [6, 6.07) is 13.3. The zero-order valence-electron chi connectivity index (χ0n) is 14.2. The molecule has 1 aromatic heterocycles. The predicted molar refractivity (Wildman–Crippen MR) is 95.4 cm³/mol. The molecule has 128 valence electrons. The fourth-order valence-corrected chi connectivity index (χ4v) is 3.08. The van der Waals surface area contributed by atoms with Crippen LogP contribution in [-0.2, 0) is 13.1 Å². The van der Waals surface area contributed by atoms with Gasteiger partial charge in [-0.2, -0.15) is 4.39 Å². The Hall–Kier alpha value is -1.98. The van der Waals surface area contributed by atoms with Gasteiger partial charge in [-0.25, -0.2) is 4.98 Å². The molecular formula is C19H25FN4. The average Bonchev–Trinajstić information content (AvgIpc) is 2.62. The number of rotatable bonds is 6. The van der Waals surface area contributed by atoms with Gasteiger partial charge < -0.3 is 10.2 Å². The van der Waals surface area contributed by atoms with Gasteiger partial charge >= 0.3 is 0 Å². The quantitative estimate of drug-likeness (QED) is 0.826. The van der Waals surface area contributed by atoms with Crippen LogP contribution < -0.4 is 5.32 Å². The van der Waals surface area contributed by atoms with Crippen molar-refractivity contribution >= 4 is 5.82 Å². The summed E-state index contributed by atoms with van der Waals surface area (Å²) in [5, 5.41) is 3.22. The molecule has 0 atom stereocenters. The number of piperazine rings is 1. The van der Waals surface area contributed by atoms with Gasteiger partial charge in [0.25, 0.3) is 0 Å². The van der Waals surface area contributed by atoms with E-state index in [-0.39, 0.29) is 0 Å². The molecule has 0 bridgehead atoms. The van der Waals surface area contributed by atoms with Crippen molar-refractivity contribution in [2.45, 2.75) is 20.0 Å². The Kier molecular flexibility index (Phi) is 5.77. The van der Waals surface area contributed by atoms with E-state index in [1.165, 1.54) is 17.2 Å². The maximum absolute atomic E-state index is 13.2. The number of halogens is 1. The van der Waals surface area contributed by atoms with Gasteiger partial charge in [0.1, 0.15) is 5.82 Å². The highest BCUT2D eigenvalue weighted by atomic mass is 19.1. The third-order valence-electron chi connectivity index (χ3n) is 4.60. The van der Waals surface area contributed by atoms with Gasteiger partial charge in [0.05, 0.1) is 0 Å². The van der Waals surface area contributed by atoms with Gasteiger partial charge in [-0.15, -0.1) is 0 Å². The zero-order valence-corrected chi connectivity index (χ0v) is 14.2. The number of aromatic nitrogens is 1. The topological polar surface area (TPSA) is 31.4 Å². The highest BCUT2D eigenvalue weighted by Crippen LogP contribution is 2.15. The van der Waals surface area contributed by atoms with Crippen molar-refractivity contribution in [1.29, 1.82) is 0 Å². The summed E-state index contributed by atoms with van der Waals surface area (Å²) in [5.41, 5.74) is 2.56. The standard InChI is InChI=1S/C19H25FN4/c1-2-23-10-12-24(13-11-23)15-17-7-4-3-6-16(17)14-21-19-9-5-8-18(20)22-19/h3-9H,2,10-15H2,1H3,(H,21,22). The van der Waals surface area contributed by atoms with Crippen LogP contribution in [0.3, 0.4) is 0 Å². The van der Waals surface area contributed by atoms with Gasteiger partial charge in [0.2, 0.25) is 5.95 Å². The molecule has 0 saturated carbocycles. The molecular weight excluding hydrogens is 303 g/mol. The summed E-state index contributed by atoms with van der Waals surface area (Å²) in [4.78, 5) is 8.85. The Bertz CT molecular complexity index is 653. The molecule has 0 radical (unpaired) electrons. The molecule has 1 saturated heterocycles. The van der Waals surface area contributed by atoms with E-state index >= 15 is 0 Å².